The lowest BCUT2D eigenvalue weighted by Crippen LogP contribution is -2.51. The van der Waals surface area contributed by atoms with E-state index >= 15 is 0 Å². The summed E-state index contributed by atoms with van der Waals surface area (Å²) in [4.78, 5) is 2.32. The Bertz CT molecular complexity index is 866. The van der Waals surface area contributed by atoms with Gasteiger partial charge in [-0.15, -0.1) is 0 Å². The number of hydrogen-bond donors (Lipinski definition) is 1. The molecule has 2 aromatic carbocycles. The van der Waals surface area contributed by atoms with Gasteiger partial charge in [0.25, 0.3) is 0 Å². The molecule has 0 bridgehead atoms. The fraction of sp³-hybridized carbons (Fsp3) is 0.571. The summed E-state index contributed by atoms with van der Waals surface area (Å²) in [6.07, 6.45) is 3.15. The van der Waals surface area contributed by atoms with E-state index in [0.717, 1.165) is 57.0 Å². The van der Waals surface area contributed by atoms with Crippen molar-refractivity contribution in [2.24, 2.45) is 5.41 Å². The first-order valence-corrected chi connectivity index (χ1v) is 12.0. The molecule has 2 unspecified atom stereocenters. The van der Waals surface area contributed by atoms with Gasteiger partial charge in [-0.1, -0.05) is 30.3 Å². The highest BCUT2D eigenvalue weighted by Crippen LogP contribution is 2.39. The van der Waals surface area contributed by atoms with Crippen molar-refractivity contribution in [2.45, 2.75) is 44.6 Å². The van der Waals surface area contributed by atoms with E-state index in [1.165, 1.54) is 11.1 Å². The van der Waals surface area contributed by atoms with Crippen LogP contribution in [0.2, 0.25) is 0 Å². The summed E-state index contributed by atoms with van der Waals surface area (Å²) in [5.41, 5.74) is 2.66. The molecule has 2 atom stereocenters. The smallest absolute Gasteiger partial charge is 0.122 e. The fourth-order valence-electron chi connectivity index (χ4n) is 5.49. The van der Waals surface area contributed by atoms with Crippen molar-refractivity contribution in [2.75, 3.05) is 54.6 Å². The van der Waals surface area contributed by atoms with Crippen LogP contribution in [-0.2, 0) is 4.74 Å². The molecule has 5 heteroatoms. The maximum absolute atomic E-state index is 6.04. The van der Waals surface area contributed by atoms with Crippen LogP contribution in [0, 0.1) is 5.41 Å². The third-order valence-corrected chi connectivity index (χ3v) is 6.72. The minimum atomic E-state index is -0.0705. The first-order valence-electron chi connectivity index (χ1n) is 12.0. The molecule has 3 rings (SSSR count). The quantitative estimate of drug-likeness (QED) is 0.487. The molecule has 0 radical (unpaired) electrons. The van der Waals surface area contributed by atoms with E-state index in [2.05, 4.69) is 68.5 Å². The first kappa shape index (κ1) is 25.5. The third-order valence-electron chi connectivity index (χ3n) is 6.72. The zero-order valence-corrected chi connectivity index (χ0v) is 21.3. The molecule has 0 aliphatic carbocycles. The number of para-hydroxylation sites is 1. The molecule has 5 nitrogen and oxygen atoms in total. The molecular weight excluding hydrogens is 412 g/mol. The molecule has 1 saturated heterocycles. The van der Waals surface area contributed by atoms with Crippen LogP contribution in [0.1, 0.15) is 50.2 Å². The van der Waals surface area contributed by atoms with E-state index in [1.807, 2.05) is 18.2 Å². The van der Waals surface area contributed by atoms with Gasteiger partial charge >= 0.3 is 0 Å². The van der Waals surface area contributed by atoms with Crippen LogP contribution in [0.3, 0.4) is 0 Å². The Morgan fingerprint density at radius 2 is 1.76 bits per heavy atom. The van der Waals surface area contributed by atoms with Gasteiger partial charge in [0, 0.05) is 36.6 Å². The Hall–Kier alpha value is -2.08. The molecule has 0 saturated carbocycles. The number of nitrogens with one attached hydrogen (secondary N) is 1. The predicted molar refractivity (Wildman–Crippen MR) is 136 cm³/mol. The first-order chi connectivity index (χ1) is 15.8. The van der Waals surface area contributed by atoms with Gasteiger partial charge in [-0.25, -0.2) is 0 Å². The number of ether oxygens (including phenoxy) is 3. The zero-order chi connectivity index (χ0) is 23.9. The molecule has 1 N–H and O–H groups in total. The Morgan fingerprint density at radius 1 is 1.03 bits per heavy atom. The molecule has 182 valence electrons. The van der Waals surface area contributed by atoms with Crippen LogP contribution in [0.4, 0.5) is 0 Å². The molecule has 0 aromatic heterocycles. The zero-order valence-electron chi connectivity index (χ0n) is 21.3. The second-order valence-corrected chi connectivity index (χ2v) is 10.3. The summed E-state index contributed by atoms with van der Waals surface area (Å²) < 4.78 is 17.1. The van der Waals surface area contributed by atoms with Crippen LogP contribution in [0.15, 0.2) is 48.5 Å². The molecular formula is C28H42N2O3. The Kier molecular flexibility index (Phi) is 8.80. The Labute approximate surface area is 200 Å². The van der Waals surface area contributed by atoms with E-state index in [1.54, 1.807) is 14.2 Å². The number of benzene rings is 2. The average molecular weight is 455 g/mol. The topological polar surface area (TPSA) is 43.0 Å². The maximum atomic E-state index is 6.04. The van der Waals surface area contributed by atoms with Crippen molar-refractivity contribution >= 4 is 0 Å². The molecule has 1 aliphatic rings. The van der Waals surface area contributed by atoms with Crippen LogP contribution in [0.25, 0.3) is 0 Å². The van der Waals surface area contributed by atoms with Gasteiger partial charge in [-0.3, -0.25) is 0 Å². The van der Waals surface area contributed by atoms with Crippen molar-refractivity contribution in [3.05, 3.63) is 59.7 Å². The maximum Gasteiger partial charge on any atom is 0.122 e. The molecule has 33 heavy (non-hydrogen) atoms. The van der Waals surface area contributed by atoms with E-state index < -0.39 is 0 Å². The molecule has 1 fully saturated rings. The Balaban J connectivity index is 1.73. The number of hydrogen-bond acceptors (Lipinski definition) is 5. The van der Waals surface area contributed by atoms with Gasteiger partial charge in [-0.2, -0.15) is 0 Å². The summed E-state index contributed by atoms with van der Waals surface area (Å²) >= 11 is 0. The summed E-state index contributed by atoms with van der Waals surface area (Å²) in [6, 6.07) is 16.8. The van der Waals surface area contributed by atoms with Gasteiger partial charge in [0.1, 0.15) is 11.5 Å². The summed E-state index contributed by atoms with van der Waals surface area (Å²) in [5.74, 6) is 2.06. The van der Waals surface area contributed by atoms with Crippen molar-refractivity contribution < 1.29 is 14.2 Å². The van der Waals surface area contributed by atoms with Gasteiger partial charge < -0.3 is 24.4 Å². The average Bonchev–Trinajstić information content (AvgIpc) is 2.78. The van der Waals surface area contributed by atoms with Crippen LogP contribution in [-0.4, -0.2) is 65.1 Å². The van der Waals surface area contributed by atoms with Gasteiger partial charge in [0.15, 0.2) is 0 Å². The lowest BCUT2D eigenvalue weighted by Gasteiger charge is -2.46. The summed E-state index contributed by atoms with van der Waals surface area (Å²) in [6.45, 7) is 8.28. The van der Waals surface area contributed by atoms with E-state index in [0.29, 0.717) is 0 Å². The van der Waals surface area contributed by atoms with Crippen LogP contribution in [0.5, 0.6) is 11.5 Å². The largest absolute Gasteiger partial charge is 0.497 e. The summed E-state index contributed by atoms with van der Waals surface area (Å²) in [7, 11) is 7.80. The minimum Gasteiger partial charge on any atom is -0.497 e. The molecule has 2 aromatic rings. The van der Waals surface area contributed by atoms with Gasteiger partial charge in [-0.05, 0) is 77.5 Å². The van der Waals surface area contributed by atoms with Gasteiger partial charge in [0.05, 0.1) is 19.8 Å². The Morgan fingerprint density at radius 3 is 2.39 bits per heavy atom. The minimum absolute atomic E-state index is 0.0705. The van der Waals surface area contributed by atoms with Crippen molar-refractivity contribution in [1.29, 1.82) is 0 Å². The normalized spacial score (nSPS) is 21.1. The molecule has 1 aliphatic heterocycles. The van der Waals surface area contributed by atoms with Crippen molar-refractivity contribution in [3.8, 4) is 11.5 Å². The highest BCUT2D eigenvalue weighted by Gasteiger charge is 2.40. The SMILES string of the molecule is COc1ccc(C(CCNCC2(CN(C)C)CCOC(C)(C)C2)c2ccccc2OC)cc1. The van der Waals surface area contributed by atoms with Crippen molar-refractivity contribution in [3.63, 3.8) is 0 Å². The summed E-state index contributed by atoms with van der Waals surface area (Å²) in [5, 5.41) is 3.82. The predicted octanol–water partition coefficient (Wildman–Crippen LogP) is 4.95. The monoisotopic (exact) mass is 454 g/mol. The van der Waals surface area contributed by atoms with Crippen molar-refractivity contribution in [1.82, 2.24) is 10.2 Å². The lowest BCUT2D eigenvalue weighted by atomic mass is 9.73. The highest BCUT2D eigenvalue weighted by atomic mass is 16.5. The standard InChI is InChI=1S/C28H42N2O3/c1-27(2)19-28(16-18-33-27,21-30(3)4)20-29-17-15-24(22-11-13-23(31-5)14-12-22)25-9-7-8-10-26(25)32-6/h7-14,24,29H,15-21H2,1-6H3. The number of rotatable bonds is 11. The van der Waals surface area contributed by atoms with E-state index in [4.69, 9.17) is 14.2 Å². The van der Waals surface area contributed by atoms with Crippen LogP contribution < -0.4 is 14.8 Å². The fourth-order valence-corrected chi connectivity index (χ4v) is 5.49. The van der Waals surface area contributed by atoms with Crippen LogP contribution >= 0.6 is 0 Å². The molecule has 1 heterocycles. The number of methoxy groups -OCH3 is 2. The molecule has 0 amide bonds. The second kappa shape index (κ2) is 11.4. The second-order valence-electron chi connectivity index (χ2n) is 10.3. The molecule has 0 spiro atoms. The lowest BCUT2D eigenvalue weighted by molar-refractivity contribution is -0.109. The van der Waals surface area contributed by atoms with Gasteiger partial charge in [0.2, 0.25) is 0 Å². The number of nitrogens with zero attached hydrogens (tertiary/aromatic N) is 1. The van der Waals surface area contributed by atoms with E-state index in [9.17, 15) is 0 Å². The highest BCUT2D eigenvalue weighted by molar-refractivity contribution is 5.43. The third kappa shape index (κ3) is 6.95. The van der Waals surface area contributed by atoms with E-state index in [-0.39, 0.29) is 16.9 Å².